The van der Waals surface area contributed by atoms with Gasteiger partial charge in [-0.3, -0.25) is 0 Å². The average Bonchev–Trinajstić information content (AvgIpc) is 2.01. The van der Waals surface area contributed by atoms with Gasteiger partial charge in [0.05, 0.1) is 6.61 Å². The Bertz CT molecular complexity index is 126. The molecule has 1 heterocycles. The lowest BCUT2D eigenvalue weighted by atomic mass is 10.1. The molecule has 5 nitrogen and oxygen atoms in total. The van der Waals surface area contributed by atoms with Gasteiger partial charge in [0.25, 0.3) is 0 Å². The Kier molecular flexibility index (Phi) is 2.80. The molecule has 1 aliphatic heterocycles. The van der Waals surface area contributed by atoms with Gasteiger partial charge in [0.2, 0.25) is 0 Å². The van der Waals surface area contributed by atoms with Crippen molar-refractivity contribution in [1.29, 1.82) is 0 Å². The van der Waals surface area contributed by atoms with Crippen LogP contribution in [0.5, 0.6) is 0 Å². The fourth-order valence-corrected chi connectivity index (χ4v) is 0.987. The van der Waals surface area contributed by atoms with Crippen LogP contribution in [0.1, 0.15) is 0 Å². The minimum Gasteiger partial charge on any atom is -0.388 e. The zero-order valence-electron chi connectivity index (χ0n) is 6.17. The smallest absolute Gasteiger partial charge is 0.185 e. The predicted molar refractivity (Wildman–Crippen MR) is 34.8 cm³/mol. The third kappa shape index (κ3) is 1.69. The highest BCUT2D eigenvalue weighted by molar-refractivity contribution is 4.81. The zero-order chi connectivity index (χ0) is 8.43. The van der Waals surface area contributed by atoms with Gasteiger partial charge >= 0.3 is 0 Å². The molecule has 11 heavy (non-hydrogen) atoms. The number of aliphatic hydroxyl groups excluding tert-OH is 3. The van der Waals surface area contributed by atoms with Crippen LogP contribution in [0.25, 0.3) is 0 Å². The molecular weight excluding hydrogens is 152 g/mol. The quantitative estimate of drug-likeness (QED) is 0.420. The third-order valence-electron chi connectivity index (χ3n) is 1.69. The minimum absolute atomic E-state index is 0.0171. The van der Waals surface area contributed by atoms with E-state index >= 15 is 0 Å². The van der Waals surface area contributed by atoms with Gasteiger partial charge in [0, 0.05) is 7.11 Å². The molecule has 0 spiro atoms. The van der Waals surface area contributed by atoms with E-state index in [4.69, 9.17) is 20.1 Å². The molecule has 0 aromatic heterocycles. The Morgan fingerprint density at radius 2 is 1.91 bits per heavy atom. The second kappa shape index (κ2) is 3.46. The van der Waals surface area contributed by atoms with Crippen molar-refractivity contribution in [3.05, 3.63) is 0 Å². The van der Waals surface area contributed by atoms with E-state index in [1.54, 1.807) is 0 Å². The summed E-state index contributed by atoms with van der Waals surface area (Å²) in [4.78, 5) is 0. The summed E-state index contributed by atoms with van der Waals surface area (Å²) >= 11 is 0. The molecule has 5 heteroatoms. The van der Waals surface area contributed by atoms with Gasteiger partial charge < -0.3 is 24.8 Å². The molecule has 1 saturated heterocycles. The van der Waals surface area contributed by atoms with Crippen molar-refractivity contribution in [1.82, 2.24) is 0 Å². The van der Waals surface area contributed by atoms with Gasteiger partial charge in [0.15, 0.2) is 6.29 Å². The van der Waals surface area contributed by atoms with Gasteiger partial charge in [-0.2, -0.15) is 0 Å². The maximum Gasteiger partial charge on any atom is 0.185 e. The maximum atomic E-state index is 9.15. The molecule has 1 rings (SSSR count). The summed E-state index contributed by atoms with van der Waals surface area (Å²) in [5.41, 5.74) is 0. The van der Waals surface area contributed by atoms with Crippen LogP contribution in [0.15, 0.2) is 0 Å². The Morgan fingerprint density at radius 1 is 1.27 bits per heavy atom. The molecule has 0 aliphatic carbocycles. The van der Waals surface area contributed by atoms with Crippen molar-refractivity contribution >= 4 is 0 Å². The van der Waals surface area contributed by atoms with Crippen LogP contribution < -0.4 is 0 Å². The lowest BCUT2D eigenvalue weighted by Gasteiger charge is -2.33. The van der Waals surface area contributed by atoms with Crippen molar-refractivity contribution in [2.45, 2.75) is 24.6 Å². The summed E-state index contributed by atoms with van der Waals surface area (Å²) in [6, 6.07) is 0. The molecule has 0 aromatic carbocycles. The molecular formula is C6H12O5. The molecule has 1 aliphatic rings. The molecule has 0 aromatic rings. The van der Waals surface area contributed by atoms with Crippen LogP contribution in [0, 0.1) is 0 Å². The topological polar surface area (TPSA) is 79.2 Å². The van der Waals surface area contributed by atoms with Gasteiger partial charge in [0.1, 0.15) is 18.3 Å². The van der Waals surface area contributed by atoms with Crippen molar-refractivity contribution in [3.8, 4) is 0 Å². The molecule has 0 radical (unpaired) electrons. The molecule has 3 N–H and O–H groups in total. The van der Waals surface area contributed by atoms with Crippen molar-refractivity contribution in [3.63, 3.8) is 0 Å². The first kappa shape index (κ1) is 8.89. The molecule has 0 saturated carbocycles. The number of hydrogen-bond acceptors (Lipinski definition) is 5. The number of rotatable bonds is 1. The maximum absolute atomic E-state index is 9.15. The van der Waals surface area contributed by atoms with Crippen LogP contribution >= 0.6 is 0 Å². The molecule has 66 valence electrons. The Balaban J connectivity index is 2.52. The SMILES string of the molecule is COC1OCC(O)[C@H](O)[C@H]1O. The van der Waals surface area contributed by atoms with Crippen LogP contribution in [0.3, 0.4) is 0 Å². The first-order valence-electron chi connectivity index (χ1n) is 3.35. The molecule has 2 unspecified atom stereocenters. The van der Waals surface area contributed by atoms with E-state index in [-0.39, 0.29) is 6.61 Å². The zero-order valence-corrected chi connectivity index (χ0v) is 6.17. The van der Waals surface area contributed by atoms with Crippen molar-refractivity contribution in [2.75, 3.05) is 13.7 Å². The van der Waals surface area contributed by atoms with Gasteiger partial charge in [-0.1, -0.05) is 0 Å². The first-order chi connectivity index (χ1) is 5.16. The van der Waals surface area contributed by atoms with E-state index in [1.165, 1.54) is 7.11 Å². The minimum atomic E-state index is -1.19. The number of ether oxygens (including phenoxy) is 2. The van der Waals surface area contributed by atoms with Gasteiger partial charge in [-0.15, -0.1) is 0 Å². The van der Waals surface area contributed by atoms with Crippen LogP contribution in [-0.4, -0.2) is 53.6 Å². The molecule has 1 fully saturated rings. The van der Waals surface area contributed by atoms with E-state index in [0.29, 0.717) is 0 Å². The predicted octanol–water partition coefficient (Wildman–Crippen LogP) is -1.93. The molecule has 0 amide bonds. The lowest BCUT2D eigenvalue weighted by Crippen LogP contribution is -2.53. The van der Waals surface area contributed by atoms with Gasteiger partial charge in [-0.05, 0) is 0 Å². The average molecular weight is 164 g/mol. The summed E-state index contributed by atoms with van der Waals surface area (Å²) < 4.78 is 9.52. The molecule has 4 atom stereocenters. The first-order valence-corrected chi connectivity index (χ1v) is 3.35. The molecule has 0 bridgehead atoms. The monoisotopic (exact) mass is 164 g/mol. The van der Waals surface area contributed by atoms with Crippen LogP contribution in [-0.2, 0) is 9.47 Å². The Labute approximate surface area is 64.2 Å². The summed E-state index contributed by atoms with van der Waals surface area (Å²) in [5.74, 6) is 0. The second-order valence-electron chi connectivity index (χ2n) is 2.49. The number of methoxy groups -OCH3 is 1. The van der Waals surface area contributed by atoms with E-state index in [0.717, 1.165) is 0 Å². The Morgan fingerprint density at radius 3 is 2.45 bits per heavy atom. The van der Waals surface area contributed by atoms with Crippen molar-refractivity contribution < 1.29 is 24.8 Å². The number of hydrogen-bond donors (Lipinski definition) is 3. The standard InChI is InChI=1S/C6H12O5/c1-10-6-5(9)4(8)3(7)2-11-6/h3-9H,2H2,1H3/t3?,4-,5+,6?/m0/s1. The third-order valence-corrected chi connectivity index (χ3v) is 1.69. The normalized spacial score (nSPS) is 45.8. The highest BCUT2D eigenvalue weighted by Gasteiger charge is 2.37. The summed E-state index contributed by atoms with van der Waals surface area (Å²) in [6.45, 7) is -0.0171. The van der Waals surface area contributed by atoms with Gasteiger partial charge in [-0.25, -0.2) is 0 Å². The summed E-state index contributed by atoms with van der Waals surface area (Å²) in [7, 11) is 1.36. The highest BCUT2D eigenvalue weighted by atomic mass is 16.7. The van der Waals surface area contributed by atoms with E-state index in [2.05, 4.69) is 4.74 Å². The largest absolute Gasteiger partial charge is 0.388 e. The van der Waals surface area contributed by atoms with Crippen molar-refractivity contribution in [2.24, 2.45) is 0 Å². The number of aliphatic hydroxyl groups is 3. The lowest BCUT2D eigenvalue weighted by molar-refractivity contribution is -0.261. The second-order valence-corrected chi connectivity index (χ2v) is 2.49. The van der Waals surface area contributed by atoms with E-state index < -0.39 is 24.6 Å². The van der Waals surface area contributed by atoms with E-state index in [1.807, 2.05) is 0 Å². The van der Waals surface area contributed by atoms with E-state index in [9.17, 15) is 0 Å². The summed E-state index contributed by atoms with van der Waals surface area (Å²) in [6.07, 6.45) is -4.23. The van der Waals surface area contributed by atoms with Crippen LogP contribution in [0.2, 0.25) is 0 Å². The fourth-order valence-electron chi connectivity index (χ4n) is 0.987. The Hall–Kier alpha value is -0.200. The highest BCUT2D eigenvalue weighted by Crippen LogP contribution is 2.15. The summed E-state index contributed by atoms with van der Waals surface area (Å²) in [5, 5.41) is 27.2. The van der Waals surface area contributed by atoms with Crippen LogP contribution in [0.4, 0.5) is 0 Å². The fraction of sp³-hybridized carbons (Fsp3) is 1.00.